The molecule has 0 spiro atoms. The van der Waals surface area contributed by atoms with Crippen molar-refractivity contribution in [2.45, 2.75) is 45.1 Å². The van der Waals surface area contributed by atoms with E-state index in [0.717, 1.165) is 29.9 Å². The highest BCUT2D eigenvalue weighted by Gasteiger charge is 2.34. The van der Waals surface area contributed by atoms with Crippen LogP contribution in [0.1, 0.15) is 47.3 Å². The first-order valence-corrected chi connectivity index (χ1v) is 16.0. The molecular weight excluding hydrogens is 600 g/mol. The summed E-state index contributed by atoms with van der Waals surface area (Å²) in [6, 6.07) is 18.3. The van der Waals surface area contributed by atoms with E-state index in [1.165, 1.54) is 11.3 Å². The number of pyridine rings is 1. The van der Waals surface area contributed by atoms with Crippen molar-refractivity contribution < 1.29 is 19.1 Å². The zero-order valence-corrected chi connectivity index (χ0v) is 25.8. The number of thiophene rings is 1. The van der Waals surface area contributed by atoms with Crippen molar-refractivity contribution in [3.05, 3.63) is 94.7 Å². The van der Waals surface area contributed by atoms with Gasteiger partial charge in [0.2, 0.25) is 0 Å². The third kappa shape index (κ3) is 5.82. The van der Waals surface area contributed by atoms with Gasteiger partial charge in [0, 0.05) is 17.9 Å². The number of nitriles is 1. The molecule has 1 aliphatic heterocycles. The minimum Gasteiger partial charge on any atom is -0.457 e. The summed E-state index contributed by atoms with van der Waals surface area (Å²) in [5.41, 5.74) is 3.53. The van der Waals surface area contributed by atoms with Crippen molar-refractivity contribution in [3.8, 4) is 17.6 Å². The summed E-state index contributed by atoms with van der Waals surface area (Å²) in [5, 5.41) is 18.9. The summed E-state index contributed by atoms with van der Waals surface area (Å²) in [4.78, 5) is 46.8. The van der Waals surface area contributed by atoms with Crippen LogP contribution in [0.5, 0.6) is 11.5 Å². The van der Waals surface area contributed by atoms with Crippen LogP contribution in [0.3, 0.4) is 0 Å². The first-order valence-electron chi connectivity index (χ1n) is 15.2. The Labute approximate surface area is 269 Å². The van der Waals surface area contributed by atoms with Gasteiger partial charge in [-0.15, -0.1) is 11.3 Å². The molecule has 1 saturated carbocycles. The third-order valence-electron chi connectivity index (χ3n) is 8.25. The highest BCUT2D eigenvalue weighted by Crippen LogP contribution is 2.46. The van der Waals surface area contributed by atoms with Crippen LogP contribution in [0.4, 0.5) is 21.9 Å². The van der Waals surface area contributed by atoms with Crippen LogP contribution in [0.25, 0.3) is 10.2 Å². The molecule has 0 saturated heterocycles. The average molecular weight is 631 g/mol. The number of carbonyl (C=O) groups excluding carboxylic acids is 3. The van der Waals surface area contributed by atoms with Crippen molar-refractivity contribution in [2.24, 2.45) is 5.92 Å². The van der Waals surface area contributed by atoms with Gasteiger partial charge in [-0.05, 0) is 86.9 Å². The van der Waals surface area contributed by atoms with Crippen LogP contribution in [-0.4, -0.2) is 28.9 Å². The number of carbonyl (C=O) groups is 3. The number of urea groups is 1. The third-order valence-corrected chi connectivity index (χ3v) is 9.35. The van der Waals surface area contributed by atoms with E-state index in [-0.39, 0.29) is 29.5 Å². The number of nitrogens with zero attached hydrogens (tertiary/aromatic N) is 3. The normalized spacial score (nSPS) is 17.5. The number of aromatic nitrogens is 1. The molecule has 1 atom stereocenters. The first kappa shape index (κ1) is 29.3. The second-order valence-corrected chi connectivity index (χ2v) is 12.6. The van der Waals surface area contributed by atoms with E-state index in [0.29, 0.717) is 63.1 Å². The Morgan fingerprint density at radius 3 is 2.65 bits per heavy atom. The second kappa shape index (κ2) is 12.1. The fraction of sp³-hybridized carbons (Fsp3) is 0.229. The highest BCUT2D eigenvalue weighted by molar-refractivity contribution is 7.21. The maximum Gasteiger partial charge on any atom is 0.331 e. The van der Waals surface area contributed by atoms with Crippen LogP contribution >= 0.6 is 11.3 Å². The van der Waals surface area contributed by atoms with Crippen LogP contribution in [-0.2, 0) is 4.79 Å². The van der Waals surface area contributed by atoms with E-state index in [9.17, 15) is 19.6 Å². The number of aryl methyl sites for hydroxylation is 1. The van der Waals surface area contributed by atoms with Gasteiger partial charge in [-0.25, -0.2) is 9.78 Å². The number of allylic oxidation sites excluding steroid dienone is 2. The number of anilines is 3. The van der Waals surface area contributed by atoms with Gasteiger partial charge >= 0.3 is 6.03 Å². The number of hydrogen-bond donors (Lipinski definition) is 3. The molecule has 2 aromatic heterocycles. The Bertz CT molecular complexity index is 1990. The molecule has 3 aliphatic rings. The summed E-state index contributed by atoms with van der Waals surface area (Å²) in [5.74, 6) is 1.04. The minimum absolute atomic E-state index is 0.117. The molecule has 230 valence electrons. The fourth-order valence-corrected chi connectivity index (χ4v) is 6.77. The predicted octanol–water partition coefficient (Wildman–Crippen LogP) is 7.22. The molecular formula is C35H30N6O4S. The van der Waals surface area contributed by atoms with Crippen LogP contribution in [0.2, 0.25) is 0 Å². The Hall–Kier alpha value is -5.47. The smallest absolute Gasteiger partial charge is 0.331 e. The predicted molar refractivity (Wildman–Crippen MR) is 176 cm³/mol. The summed E-state index contributed by atoms with van der Waals surface area (Å²) >= 11 is 1.23. The maximum atomic E-state index is 13.6. The lowest BCUT2D eigenvalue weighted by Crippen LogP contribution is -2.38. The van der Waals surface area contributed by atoms with Crippen LogP contribution in [0, 0.1) is 24.2 Å². The molecule has 0 radical (unpaired) electrons. The lowest BCUT2D eigenvalue weighted by Gasteiger charge is -2.29. The topological polar surface area (TPSA) is 136 Å². The number of nitrogens with one attached hydrogen (secondary N) is 3. The molecule has 4 amide bonds. The quantitative estimate of drug-likeness (QED) is 0.139. The molecule has 11 heteroatoms. The van der Waals surface area contributed by atoms with Crippen LogP contribution in [0.15, 0.2) is 84.2 Å². The second-order valence-electron chi connectivity index (χ2n) is 11.6. The Balaban J connectivity index is 1.08. The molecule has 1 fully saturated rings. The molecule has 46 heavy (non-hydrogen) atoms. The summed E-state index contributed by atoms with van der Waals surface area (Å²) < 4.78 is 5.98. The van der Waals surface area contributed by atoms with E-state index >= 15 is 0 Å². The molecule has 0 bridgehead atoms. The van der Waals surface area contributed by atoms with E-state index in [1.54, 1.807) is 23.2 Å². The molecule has 1 unspecified atom stereocenters. The summed E-state index contributed by atoms with van der Waals surface area (Å²) in [7, 11) is 0. The Morgan fingerprint density at radius 1 is 1.11 bits per heavy atom. The maximum absolute atomic E-state index is 13.6. The first-order chi connectivity index (χ1) is 22.4. The van der Waals surface area contributed by atoms with Crippen molar-refractivity contribution in [1.29, 1.82) is 5.26 Å². The van der Waals surface area contributed by atoms with Crippen molar-refractivity contribution >= 4 is 56.5 Å². The molecule has 7 rings (SSSR count). The zero-order chi connectivity index (χ0) is 31.8. The van der Waals surface area contributed by atoms with Gasteiger partial charge < -0.3 is 20.7 Å². The van der Waals surface area contributed by atoms with Crippen LogP contribution < -0.4 is 25.6 Å². The van der Waals surface area contributed by atoms with E-state index in [4.69, 9.17) is 4.74 Å². The number of ether oxygens (including phenoxy) is 1. The molecule has 2 aromatic carbocycles. The van der Waals surface area contributed by atoms with Gasteiger partial charge in [0.05, 0.1) is 22.4 Å². The van der Waals surface area contributed by atoms with Crippen molar-refractivity contribution in [2.75, 3.05) is 10.2 Å². The molecule has 3 N–H and O–H groups in total. The number of amides is 4. The number of hydrogen-bond acceptors (Lipinski definition) is 7. The minimum atomic E-state index is -0.379. The van der Waals surface area contributed by atoms with Gasteiger partial charge in [-0.1, -0.05) is 30.4 Å². The van der Waals surface area contributed by atoms with E-state index in [1.807, 2.05) is 67.6 Å². The number of benzene rings is 2. The van der Waals surface area contributed by atoms with Gasteiger partial charge in [0.25, 0.3) is 11.8 Å². The van der Waals surface area contributed by atoms with Gasteiger partial charge in [0.15, 0.2) is 0 Å². The van der Waals surface area contributed by atoms with E-state index in [2.05, 4.69) is 20.9 Å². The molecule has 2 aliphatic carbocycles. The SMILES string of the molecule is Cc1cc(Oc2ccccc2)ccc1N1C(=O)Nc2c(C(=O)NC3=CCC(NC(=O)/C(C#N)=C/C4CC4)CC3)sc3nccc1c23. The number of para-hydroxylation sites is 1. The Morgan fingerprint density at radius 2 is 1.93 bits per heavy atom. The summed E-state index contributed by atoms with van der Waals surface area (Å²) in [6.07, 6.45) is 9.07. The molecule has 3 heterocycles. The lowest BCUT2D eigenvalue weighted by molar-refractivity contribution is -0.117. The molecule has 4 aromatic rings. The summed E-state index contributed by atoms with van der Waals surface area (Å²) in [6.45, 7) is 1.92. The average Bonchev–Trinajstić information content (AvgIpc) is 3.81. The number of rotatable bonds is 8. The molecule has 10 nitrogen and oxygen atoms in total. The van der Waals surface area contributed by atoms with Crippen molar-refractivity contribution in [1.82, 2.24) is 15.6 Å². The van der Waals surface area contributed by atoms with Gasteiger partial charge in [-0.2, -0.15) is 5.26 Å². The zero-order valence-electron chi connectivity index (χ0n) is 25.0. The largest absolute Gasteiger partial charge is 0.457 e. The van der Waals surface area contributed by atoms with Crippen molar-refractivity contribution in [3.63, 3.8) is 0 Å². The van der Waals surface area contributed by atoms with E-state index < -0.39 is 0 Å². The van der Waals surface area contributed by atoms with Gasteiger partial charge in [-0.3, -0.25) is 14.5 Å². The Kier molecular flexibility index (Phi) is 7.72. The van der Waals surface area contributed by atoms with Gasteiger partial charge in [0.1, 0.15) is 32.8 Å². The monoisotopic (exact) mass is 630 g/mol. The fourth-order valence-electron chi connectivity index (χ4n) is 5.76. The lowest BCUT2D eigenvalue weighted by atomic mass is 9.98. The standard InChI is InChI=1S/C35H30N6O4S/c1-20-17-26(45-25-5-3-2-4-6-25)13-14-27(20)41-28-15-16-37-34-29(28)30(40-35(41)44)31(46-34)33(43)39-24-11-9-23(10-12-24)38-32(42)22(19-36)18-21-7-8-21/h2-6,11,13-18,21,23H,7-10,12H2,1H3,(H,38,42)(H,39,43)(H,40,44)/b22-18+. The highest BCUT2D eigenvalue weighted by atomic mass is 32.1.